The Bertz CT molecular complexity index is 512. The molecule has 0 aliphatic rings. The molecule has 0 aliphatic heterocycles. The number of rotatable bonds is 3. The fourth-order valence-electron chi connectivity index (χ4n) is 0.868. The second kappa shape index (κ2) is 4.79. The molecule has 0 aromatic heterocycles. The third-order valence-electron chi connectivity index (χ3n) is 1.68. The summed E-state index contributed by atoms with van der Waals surface area (Å²) in [4.78, 5) is 0. The zero-order valence-corrected chi connectivity index (χ0v) is 9.53. The topological polar surface area (TPSA) is 43.4 Å². The Morgan fingerprint density at radius 3 is 2.41 bits per heavy atom. The molecule has 17 heavy (non-hydrogen) atoms. The molecule has 9 heteroatoms. The molecule has 0 fully saturated rings. The summed E-state index contributed by atoms with van der Waals surface area (Å²) in [5.74, 6) is -1.02. The lowest BCUT2D eigenvalue weighted by Crippen LogP contribution is -2.25. The van der Waals surface area contributed by atoms with E-state index < -0.39 is 28.1 Å². The van der Waals surface area contributed by atoms with E-state index in [-0.39, 0.29) is 10.6 Å². The number of halogens is 5. The van der Waals surface area contributed by atoms with E-state index in [2.05, 4.69) is 4.18 Å². The van der Waals surface area contributed by atoms with Crippen molar-refractivity contribution in [1.29, 1.82) is 0 Å². The zero-order valence-electron chi connectivity index (χ0n) is 7.96. The average Bonchev–Trinajstić information content (AvgIpc) is 2.18. The second-order valence-corrected chi connectivity index (χ2v) is 4.89. The van der Waals surface area contributed by atoms with E-state index in [4.69, 9.17) is 11.6 Å². The first kappa shape index (κ1) is 14.2. The van der Waals surface area contributed by atoms with Gasteiger partial charge in [0.1, 0.15) is 5.82 Å². The first-order chi connectivity index (χ1) is 7.65. The van der Waals surface area contributed by atoms with Gasteiger partial charge in [0.15, 0.2) is 0 Å². The van der Waals surface area contributed by atoms with E-state index >= 15 is 0 Å². The summed E-state index contributed by atoms with van der Waals surface area (Å²) in [5.41, 5.74) is -5.92. The maximum Gasteiger partial charge on any atom is 0.523 e. The summed E-state index contributed by atoms with van der Waals surface area (Å²) in [7, 11) is -5.74. The molecule has 0 heterocycles. The lowest BCUT2D eigenvalue weighted by molar-refractivity contribution is -0.0548. The summed E-state index contributed by atoms with van der Waals surface area (Å²) in [6, 6.07) is 3.48. The van der Waals surface area contributed by atoms with E-state index in [9.17, 15) is 26.0 Å². The van der Waals surface area contributed by atoms with Crippen LogP contribution in [0.3, 0.4) is 0 Å². The van der Waals surface area contributed by atoms with Gasteiger partial charge in [0, 0.05) is 5.56 Å². The Morgan fingerprint density at radius 2 is 1.88 bits per heavy atom. The van der Waals surface area contributed by atoms with E-state index in [0.29, 0.717) is 0 Å². The lowest BCUT2D eigenvalue weighted by Gasteiger charge is -2.09. The normalized spacial score (nSPS) is 12.8. The minimum Gasteiger partial charge on any atom is -0.258 e. The summed E-state index contributed by atoms with van der Waals surface area (Å²) in [5, 5.41) is -0.337. The predicted octanol–water partition coefficient (Wildman–Crippen LogP) is 2.85. The van der Waals surface area contributed by atoms with E-state index in [0.717, 1.165) is 6.07 Å². The third kappa shape index (κ3) is 3.30. The first-order valence-electron chi connectivity index (χ1n) is 4.04. The van der Waals surface area contributed by atoms with Crippen LogP contribution in [0.1, 0.15) is 5.56 Å². The predicted molar refractivity (Wildman–Crippen MR) is 51.2 cm³/mol. The van der Waals surface area contributed by atoms with Gasteiger partial charge < -0.3 is 0 Å². The smallest absolute Gasteiger partial charge is 0.258 e. The van der Waals surface area contributed by atoms with Gasteiger partial charge in [-0.15, -0.1) is 0 Å². The van der Waals surface area contributed by atoms with Crippen molar-refractivity contribution in [3.05, 3.63) is 34.6 Å². The maximum absolute atomic E-state index is 13.2. The molecular formula is C8H5ClF4O3S. The molecule has 3 nitrogen and oxygen atoms in total. The SMILES string of the molecule is O=S(=O)(OCc1cccc(Cl)c1F)C(F)(F)F. The fourth-order valence-corrected chi connectivity index (χ4v) is 1.48. The van der Waals surface area contributed by atoms with Gasteiger partial charge in [0.05, 0.1) is 11.6 Å². The van der Waals surface area contributed by atoms with Gasteiger partial charge >= 0.3 is 15.6 Å². The first-order valence-corrected chi connectivity index (χ1v) is 5.82. The lowest BCUT2D eigenvalue weighted by atomic mass is 10.2. The average molecular weight is 293 g/mol. The van der Waals surface area contributed by atoms with Crippen LogP contribution in [-0.2, 0) is 20.9 Å². The quantitative estimate of drug-likeness (QED) is 0.489. The molecule has 0 spiro atoms. The van der Waals surface area contributed by atoms with Gasteiger partial charge in [-0.25, -0.2) is 4.39 Å². The number of hydrogen-bond donors (Lipinski definition) is 0. The molecule has 0 radical (unpaired) electrons. The van der Waals surface area contributed by atoms with Crippen LogP contribution < -0.4 is 0 Å². The van der Waals surface area contributed by atoms with Gasteiger partial charge in [-0.3, -0.25) is 4.18 Å². The highest BCUT2D eigenvalue weighted by molar-refractivity contribution is 7.87. The highest BCUT2D eigenvalue weighted by Gasteiger charge is 2.47. The van der Waals surface area contributed by atoms with Crippen LogP contribution in [0.2, 0.25) is 5.02 Å². The molecule has 96 valence electrons. The maximum atomic E-state index is 13.2. The van der Waals surface area contributed by atoms with Gasteiger partial charge in [0.2, 0.25) is 0 Å². The highest BCUT2D eigenvalue weighted by atomic mass is 35.5. The Morgan fingerprint density at radius 1 is 1.29 bits per heavy atom. The van der Waals surface area contributed by atoms with Crippen molar-refractivity contribution in [3.8, 4) is 0 Å². The third-order valence-corrected chi connectivity index (χ3v) is 2.97. The molecule has 0 saturated carbocycles. The molecule has 0 bridgehead atoms. The second-order valence-electron chi connectivity index (χ2n) is 2.87. The molecule has 1 aromatic carbocycles. The standard InChI is InChI=1S/C8H5ClF4O3S/c9-6-3-1-2-5(7(6)10)4-16-17(14,15)8(11,12)13/h1-3H,4H2. The zero-order chi connectivity index (χ0) is 13.3. The number of hydrogen-bond acceptors (Lipinski definition) is 3. The van der Waals surface area contributed by atoms with Crippen molar-refractivity contribution in [2.45, 2.75) is 12.1 Å². The van der Waals surface area contributed by atoms with Crippen molar-refractivity contribution >= 4 is 21.7 Å². The summed E-state index contributed by atoms with van der Waals surface area (Å²) < 4.78 is 73.5. The van der Waals surface area contributed by atoms with Crippen molar-refractivity contribution < 1.29 is 30.2 Å². The van der Waals surface area contributed by atoms with Crippen LogP contribution in [0.5, 0.6) is 0 Å². The van der Waals surface area contributed by atoms with Crippen molar-refractivity contribution in [3.63, 3.8) is 0 Å². The van der Waals surface area contributed by atoms with Crippen molar-refractivity contribution in [1.82, 2.24) is 0 Å². The van der Waals surface area contributed by atoms with Crippen LogP contribution in [-0.4, -0.2) is 13.9 Å². The molecule has 0 saturated heterocycles. The molecule has 1 aromatic rings. The largest absolute Gasteiger partial charge is 0.523 e. The van der Waals surface area contributed by atoms with Crippen LogP contribution in [0.25, 0.3) is 0 Å². The molecule has 0 amide bonds. The summed E-state index contributed by atoms with van der Waals surface area (Å²) in [6.07, 6.45) is 0. The highest BCUT2D eigenvalue weighted by Crippen LogP contribution is 2.26. The van der Waals surface area contributed by atoms with Gasteiger partial charge in [-0.2, -0.15) is 21.6 Å². The van der Waals surface area contributed by atoms with Gasteiger partial charge in [-0.05, 0) is 6.07 Å². The molecule has 0 N–H and O–H groups in total. The minimum absolute atomic E-state index is 0.337. The Hall–Kier alpha value is -0.860. The van der Waals surface area contributed by atoms with Gasteiger partial charge in [-0.1, -0.05) is 23.7 Å². The summed E-state index contributed by atoms with van der Waals surface area (Å²) >= 11 is 5.35. The molecule has 1 rings (SSSR count). The molecule has 0 unspecified atom stereocenters. The Labute approximate surface area is 99.1 Å². The van der Waals surface area contributed by atoms with Gasteiger partial charge in [0.25, 0.3) is 0 Å². The van der Waals surface area contributed by atoms with Crippen molar-refractivity contribution in [2.75, 3.05) is 0 Å². The molecule has 0 atom stereocenters. The number of alkyl halides is 3. The van der Waals surface area contributed by atoms with Crippen LogP contribution >= 0.6 is 11.6 Å². The van der Waals surface area contributed by atoms with Crippen molar-refractivity contribution in [2.24, 2.45) is 0 Å². The fraction of sp³-hybridized carbons (Fsp3) is 0.250. The monoisotopic (exact) mass is 292 g/mol. The Kier molecular flexibility index (Phi) is 4.00. The Balaban J connectivity index is 2.86. The van der Waals surface area contributed by atoms with Crippen LogP contribution in [0, 0.1) is 5.82 Å². The van der Waals surface area contributed by atoms with Crippen LogP contribution in [0.15, 0.2) is 18.2 Å². The molecule has 0 aliphatic carbocycles. The number of benzene rings is 1. The molecular weight excluding hydrogens is 288 g/mol. The van der Waals surface area contributed by atoms with E-state index in [1.807, 2.05) is 0 Å². The van der Waals surface area contributed by atoms with E-state index in [1.54, 1.807) is 0 Å². The van der Waals surface area contributed by atoms with E-state index in [1.165, 1.54) is 12.1 Å². The van der Waals surface area contributed by atoms with Crippen LogP contribution in [0.4, 0.5) is 17.6 Å². The minimum atomic E-state index is -5.74. The summed E-state index contributed by atoms with van der Waals surface area (Å²) in [6.45, 7) is -1.08.